The summed E-state index contributed by atoms with van der Waals surface area (Å²) in [5, 5.41) is 18.1. The number of ether oxygens (including phenoxy) is 2. The Morgan fingerprint density at radius 1 is 1.19 bits per heavy atom. The molecule has 1 aliphatic heterocycles. The van der Waals surface area contributed by atoms with Crippen molar-refractivity contribution in [1.82, 2.24) is 10.6 Å². The summed E-state index contributed by atoms with van der Waals surface area (Å²) in [4.78, 5) is 48.3. The van der Waals surface area contributed by atoms with Gasteiger partial charge in [0.25, 0.3) is 5.69 Å². The maximum atomic E-state index is 12.6. The molecule has 162 valence electrons. The molecule has 2 heterocycles. The zero-order valence-electron chi connectivity index (χ0n) is 16.5. The van der Waals surface area contributed by atoms with E-state index in [1.54, 1.807) is 30.5 Å². The van der Waals surface area contributed by atoms with Crippen LogP contribution in [0.25, 0.3) is 0 Å². The number of rotatable bonds is 8. The largest absolute Gasteiger partial charge is 0.463 e. The van der Waals surface area contributed by atoms with Crippen LogP contribution >= 0.6 is 11.3 Å². The Bertz CT molecular complexity index is 1030. The number of thiophene rings is 1. The third kappa shape index (κ3) is 5.25. The van der Waals surface area contributed by atoms with E-state index >= 15 is 0 Å². The van der Waals surface area contributed by atoms with Gasteiger partial charge in [-0.15, -0.1) is 11.3 Å². The highest BCUT2D eigenvalue weighted by Crippen LogP contribution is 2.30. The van der Waals surface area contributed by atoms with Crippen molar-refractivity contribution in [2.24, 2.45) is 0 Å². The number of carbonyl (C=O) groups excluding carboxylic acids is 3. The Kier molecular flexibility index (Phi) is 6.98. The SMILES string of the molecule is CCOC(=O)C1=C(COC(=O)Cc2ccccc2[N+](=O)[O-])NC(=O)NC1c1cccs1. The van der Waals surface area contributed by atoms with E-state index in [0.29, 0.717) is 4.88 Å². The van der Waals surface area contributed by atoms with E-state index < -0.39 is 35.5 Å². The Morgan fingerprint density at radius 3 is 2.65 bits per heavy atom. The number of carbonyl (C=O) groups is 3. The first-order chi connectivity index (χ1) is 14.9. The van der Waals surface area contributed by atoms with Gasteiger partial charge in [0, 0.05) is 16.5 Å². The van der Waals surface area contributed by atoms with Gasteiger partial charge >= 0.3 is 18.0 Å². The van der Waals surface area contributed by atoms with Crippen molar-refractivity contribution < 1.29 is 28.8 Å². The van der Waals surface area contributed by atoms with E-state index in [0.717, 1.165) is 0 Å². The maximum Gasteiger partial charge on any atom is 0.338 e. The molecule has 2 aromatic rings. The third-order valence-corrected chi connectivity index (χ3v) is 5.31. The molecule has 1 unspecified atom stereocenters. The van der Waals surface area contributed by atoms with Gasteiger partial charge in [-0.05, 0) is 18.4 Å². The second-order valence-electron chi connectivity index (χ2n) is 6.38. The smallest absolute Gasteiger partial charge is 0.338 e. The fraction of sp³-hybridized carbons (Fsp3) is 0.250. The normalized spacial score (nSPS) is 15.6. The molecule has 0 fully saturated rings. The molecule has 1 atom stereocenters. The molecule has 0 saturated heterocycles. The molecule has 0 bridgehead atoms. The van der Waals surface area contributed by atoms with Crippen LogP contribution in [0.3, 0.4) is 0 Å². The summed E-state index contributed by atoms with van der Waals surface area (Å²) in [5.74, 6) is -1.40. The Hall–Kier alpha value is -3.73. The van der Waals surface area contributed by atoms with Crippen LogP contribution in [-0.2, 0) is 25.5 Å². The molecule has 0 radical (unpaired) electrons. The first-order valence-electron chi connectivity index (χ1n) is 9.29. The van der Waals surface area contributed by atoms with E-state index in [1.807, 2.05) is 0 Å². The number of nitro benzene ring substituents is 1. The monoisotopic (exact) mass is 445 g/mol. The summed E-state index contributed by atoms with van der Waals surface area (Å²) in [6.07, 6.45) is -0.334. The minimum atomic E-state index is -0.753. The number of urea groups is 1. The standard InChI is InChI=1S/C20H19N3O7S/c1-2-29-19(25)17-13(21-20(26)22-18(17)15-8-5-9-31-15)11-30-16(24)10-12-6-3-4-7-14(12)23(27)28/h3-9,18H,2,10-11H2,1H3,(H2,21,22,26). The second-order valence-corrected chi connectivity index (χ2v) is 7.36. The first kappa shape index (κ1) is 22.0. The number of nitro groups is 1. The van der Waals surface area contributed by atoms with Crippen LogP contribution in [0.1, 0.15) is 23.4 Å². The molecule has 1 aliphatic rings. The lowest BCUT2D eigenvalue weighted by molar-refractivity contribution is -0.385. The summed E-state index contributed by atoms with van der Waals surface area (Å²) < 4.78 is 10.3. The maximum absolute atomic E-state index is 12.6. The van der Waals surface area contributed by atoms with Crippen LogP contribution in [-0.4, -0.2) is 36.1 Å². The number of amides is 2. The molecule has 2 amide bonds. The summed E-state index contributed by atoms with van der Waals surface area (Å²) in [6.45, 7) is 1.38. The van der Waals surface area contributed by atoms with Crippen LogP contribution in [0.2, 0.25) is 0 Å². The minimum Gasteiger partial charge on any atom is -0.463 e. The van der Waals surface area contributed by atoms with Crippen molar-refractivity contribution in [1.29, 1.82) is 0 Å². The lowest BCUT2D eigenvalue weighted by Gasteiger charge is -2.28. The molecule has 0 aliphatic carbocycles. The molecule has 2 N–H and O–H groups in total. The highest BCUT2D eigenvalue weighted by atomic mass is 32.1. The number of esters is 2. The first-order valence-corrected chi connectivity index (χ1v) is 10.2. The summed E-state index contributed by atoms with van der Waals surface area (Å²) >= 11 is 1.35. The highest BCUT2D eigenvalue weighted by molar-refractivity contribution is 7.10. The summed E-state index contributed by atoms with van der Waals surface area (Å²) in [5.41, 5.74) is 0.223. The zero-order valence-corrected chi connectivity index (χ0v) is 17.3. The predicted molar refractivity (Wildman–Crippen MR) is 110 cm³/mol. The molecular formula is C20H19N3O7S. The van der Waals surface area contributed by atoms with Crippen LogP contribution in [0.15, 0.2) is 53.0 Å². The fourth-order valence-corrected chi connectivity index (χ4v) is 3.83. The van der Waals surface area contributed by atoms with Crippen molar-refractivity contribution >= 4 is 35.0 Å². The van der Waals surface area contributed by atoms with Gasteiger partial charge in [0.1, 0.15) is 6.61 Å². The van der Waals surface area contributed by atoms with Gasteiger partial charge in [-0.1, -0.05) is 24.3 Å². The fourth-order valence-electron chi connectivity index (χ4n) is 3.05. The van der Waals surface area contributed by atoms with Crippen LogP contribution in [0.4, 0.5) is 10.5 Å². The van der Waals surface area contributed by atoms with Crippen molar-refractivity contribution in [2.45, 2.75) is 19.4 Å². The molecule has 1 aromatic heterocycles. The summed E-state index contributed by atoms with van der Waals surface area (Å²) in [7, 11) is 0. The number of para-hydroxylation sites is 1. The van der Waals surface area contributed by atoms with Gasteiger partial charge in [-0.25, -0.2) is 9.59 Å². The highest BCUT2D eigenvalue weighted by Gasteiger charge is 2.34. The zero-order chi connectivity index (χ0) is 22.4. The number of benzene rings is 1. The van der Waals surface area contributed by atoms with Gasteiger partial charge in [-0.3, -0.25) is 14.9 Å². The molecule has 3 rings (SSSR count). The van der Waals surface area contributed by atoms with E-state index in [-0.39, 0.29) is 35.5 Å². The molecule has 0 spiro atoms. The van der Waals surface area contributed by atoms with E-state index in [1.165, 1.54) is 29.5 Å². The second kappa shape index (κ2) is 9.85. The van der Waals surface area contributed by atoms with Crippen molar-refractivity contribution in [3.8, 4) is 0 Å². The Labute approximate surface area is 181 Å². The molecular weight excluding hydrogens is 426 g/mol. The number of hydrogen-bond donors (Lipinski definition) is 2. The lowest BCUT2D eigenvalue weighted by atomic mass is 10.0. The number of nitrogens with zero attached hydrogens (tertiary/aromatic N) is 1. The summed E-state index contributed by atoms with van der Waals surface area (Å²) in [6, 6.07) is 8.06. The van der Waals surface area contributed by atoms with Gasteiger partial charge in [0.15, 0.2) is 0 Å². The van der Waals surface area contributed by atoms with Gasteiger partial charge < -0.3 is 20.1 Å². The van der Waals surface area contributed by atoms with Gasteiger partial charge in [-0.2, -0.15) is 0 Å². The average Bonchev–Trinajstić information content (AvgIpc) is 3.27. The van der Waals surface area contributed by atoms with Gasteiger partial charge in [0.2, 0.25) is 0 Å². The third-order valence-electron chi connectivity index (χ3n) is 4.38. The average molecular weight is 445 g/mol. The molecule has 1 aromatic carbocycles. The van der Waals surface area contributed by atoms with E-state index in [4.69, 9.17) is 9.47 Å². The van der Waals surface area contributed by atoms with Gasteiger partial charge in [0.05, 0.1) is 35.3 Å². The molecule has 11 heteroatoms. The van der Waals surface area contributed by atoms with Crippen molar-refractivity contribution in [3.63, 3.8) is 0 Å². The molecule has 10 nitrogen and oxygen atoms in total. The van der Waals surface area contributed by atoms with Crippen LogP contribution in [0.5, 0.6) is 0 Å². The quantitative estimate of drug-likeness (QED) is 0.362. The van der Waals surface area contributed by atoms with Crippen molar-refractivity contribution in [2.75, 3.05) is 13.2 Å². The predicted octanol–water partition coefficient (Wildman–Crippen LogP) is 2.61. The molecule has 0 saturated carbocycles. The van der Waals surface area contributed by atoms with Crippen molar-refractivity contribution in [3.05, 3.63) is 73.6 Å². The van der Waals surface area contributed by atoms with E-state index in [9.17, 15) is 24.5 Å². The molecule has 31 heavy (non-hydrogen) atoms. The Morgan fingerprint density at radius 2 is 1.97 bits per heavy atom. The van der Waals surface area contributed by atoms with Crippen LogP contribution < -0.4 is 10.6 Å². The topological polar surface area (TPSA) is 137 Å². The number of hydrogen-bond acceptors (Lipinski definition) is 8. The number of nitrogens with one attached hydrogen (secondary N) is 2. The van der Waals surface area contributed by atoms with E-state index in [2.05, 4.69) is 10.6 Å². The Balaban J connectivity index is 1.82. The van der Waals surface area contributed by atoms with Crippen LogP contribution in [0, 0.1) is 10.1 Å². The minimum absolute atomic E-state index is 0.0940. The lowest BCUT2D eigenvalue weighted by Crippen LogP contribution is -2.47.